The van der Waals surface area contributed by atoms with Crippen LogP contribution < -0.4 is 15.5 Å². The van der Waals surface area contributed by atoms with E-state index in [0.717, 1.165) is 18.8 Å². The minimum absolute atomic E-state index is 0.287. The molecule has 7 heteroatoms. The van der Waals surface area contributed by atoms with E-state index in [2.05, 4.69) is 45.4 Å². The first-order chi connectivity index (χ1) is 14.1. The van der Waals surface area contributed by atoms with Crippen LogP contribution in [0.3, 0.4) is 0 Å². The van der Waals surface area contributed by atoms with Gasteiger partial charge < -0.3 is 15.5 Å². The molecule has 3 aromatic rings. The highest BCUT2D eigenvalue weighted by atomic mass is 16.1. The molecule has 0 aliphatic heterocycles. The van der Waals surface area contributed by atoms with Gasteiger partial charge in [0.25, 0.3) is 5.91 Å². The fourth-order valence-corrected chi connectivity index (χ4v) is 2.87. The fraction of sp³-hybridized carbons (Fsp3) is 0.182. The molecule has 0 saturated heterocycles. The van der Waals surface area contributed by atoms with Gasteiger partial charge in [-0.2, -0.15) is 5.26 Å². The van der Waals surface area contributed by atoms with E-state index in [1.807, 2.05) is 30.3 Å². The zero-order chi connectivity index (χ0) is 20.6. The molecule has 7 nitrogen and oxygen atoms in total. The summed E-state index contributed by atoms with van der Waals surface area (Å²) in [7, 11) is 0. The third-order valence-corrected chi connectivity index (χ3v) is 4.46. The number of hydrogen-bond donors (Lipinski definition) is 2. The topological polar surface area (TPSA) is 93.9 Å². The summed E-state index contributed by atoms with van der Waals surface area (Å²) in [5, 5.41) is 15.0. The average molecular weight is 386 g/mol. The summed E-state index contributed by atoms with van der Waals surface area (Å²) in [6.45, 7) is 6.07. The lowest BCUT2D eigenvalue weighted by atomic mass is 10.2. The van der Waals surface area contributed by atoms with Gasteiger partial charge in [0, 0.05) is 36.9 Å². The molecule has 0 fully saturated rings. The van der Waals surface area contributed by atoms with Crippen molar-refractivity contribution in [1.29, 1.82) is 5.26 Å². The maximum absolute atomic E-state index is 12.5. The van der Waals surface area contributed by atoms with Gasteiger partial charge in [0.1, 0.15) is 6.07 Å². The van der Waals surface area contributed by atoms with Crippen LogP contribution in [0.25, 0.3) is 0 Å². The van der Waals surface area contributed by atoms with Crippen LogP contribution in [0.2, 0.25) is 0 Å². The van der Waals surface area contributed by atoms with Gasteiger partial charge >= 0.3 is 0 Å². The Labute approximate surface area is 170 Å². The zero-order valence-electron chi connectivity index (χ0n) is 16.4. The SMILES string of the molecule is CCN(CC)c1ccc(NC(=O)c2cnc(Nc3ccccc3C#N)nc2)cc1. The highest BCUT2D eigenvalue weighted by Crippen LogP contribution is 2.19. The first-order valence-corrected chi connectivity index (χ1v) is 9.39. The molecule has 0 spiro atoms. The summed E-state index contributed by atoms with van der Waals surface area (Å²) in [6.07, 6.45) is 2.90. The number of rotatable bonds is 7. The van der Waals surface area contributed by atoms with Crippen LogP contribution in [-0.2, 0) is 0 Å². The van der Waals surface area contributed by atoms with Crippen molar-refractivity contribution in [2.45, 2.75) is 13.8 Å². The van der Waals surface area contributed by atoms with Gasteiger partial charge in [-0.15, -0.1) is 0 Å². The summed E-state index contributed by atoms with van der Waals surface area (Å²) in [5.74, 6) is 0.0254. The molecule has 0 aliphatic rings. The quantitative estimate of drug-likeness (QED) is 0.632. The van der Waals surface area contributed by atoms with Crippen molar-refractivity contribution in [2.75, 3.05) is 28.6 Å². The Kier molecular flexibility index (Phi) is 6.38. The predicted octanol–water partition coefficient (Wildman–Crippen LogP) is 4.19. The van der Waals surface area contributed by atoms with E-state index in [1.165, 1.54) is 12.4 Å². The van der Waals surface area contributed by atoms with E-state index in [9.17, 15) is 4.79 Å². The number of carbonyl (C=O) groups excluding carboxylic acids is 1. The summed E-state index contributed by atoms with van der Waals surface area (Å²) in [4.78, 5) is 23.0. The van der Waals surface area contributed by atoms with Crippen LogP contribution in [0, 0.1) is 11.3 Å². The molecule has 0 atom stereocenters. The van der Waals surface area contributed by atoms with E-state index in [-0.39, 0.29) is 5.91 Å². The first-order valence-electron chi connectivity index (χ1n) is 9.39. The molecule has 0 bridgehead atoms. The molecule has 29 heavy (non-hydrogen) atoms. The summed E-state index contributed by atoms with van der Waals surface area (Å²) >= 11 is 0. The normalized spacial score (nSPS) is 10.1. The summed E-state index contributed by atoms with van der Waals surface area (Å²) in [5.41, 5.74) is 3.27. The van der Waals surface area contributed by atoms with Gasteiger partial charge in [0.2, 0.25) is 5.95 Å². The summed E-state index contributed by atoms with van der Waals surface area (Å²) < 4.78 is 0. The lowest BCUT2D eigenvalue weighted by Crippen LogP contribution is -2.21. The lowest BCUT2D eigenvalue weighted by molar-refractivity contribution is 0.102. The molecular formula is C22H22N6O. The maximum atomic E-state index is 12.5. The number of amides is 1. The fourth-order valence-electron chi connectivity index (χ4n) is 2.87. The molecule has 1 heterocycles. The number of anilines is 4. The highest BCUT2D eigenvalue weighted by Gasteiger charge is 2.09. The number of nitriles is 1. The van der Waals surface area contributed by atoms with Gasteiger partial charge in [-0.3, -0.25) is 4.79 Å². The van der Waals surface area contributed by atoms with Crippen LogP contribution >= 0.6 is 0 Å². The Morgan fingerprint density at radius 1 is 1.03 bits per heavy atom. The predicted molar refractivity (Wildman–Crippen MR) is 114 cm³/mol. The molecule has 2 N–H and O–H groups in total. The first kappa shape index (κ1) is 19.8. The minimum Gasteiger partial charge on any atom is -0.372 e. The molecule has 146 valence electrons. The zero-order valence-corrected chi connectivity index (χ0v) is 16.4. The van der Waals surface area contributed by atoms with Crippen LogP contribution in [0.15, 0.2) is 60.9 Å². The van der Waals surface area contributed by atoms with Crippen molar-refractivity contribution in [2.24, 2.45) is 0 Å². The van der Waals surface area contributed by atoms with E-state index >= 15 is 0 Å². The lowest BCUT2D eigenvalue weighted by Gasteiger charge is -2.21. The third-order valence-electron chi connectivity index (χ3n) is 4.46. The monoisotopic (exact) mass is 386 g/mol. The Bertz CT molecular complexity index is 1000. The van der Waals surface area contributed by atoms with Crippen molar-refractivity contribution in [3.8, 4) is 6.07 Å². The van der Waals surface area contributed by atoms with Crippen molar-refractivity contribution in [1.82, 2.24) is 9.97 Å². The van der Waals surface area contributed by atoms with Crippen molar-refractivity contribution >= 4 is 28.9 Å². The van der Waals surface area contributed by atoms with Gasteiger partial charge in [0.15, 0.2) is 0 Å². The van der Waals surface area contributed by atoms with E-state index in [1.54, 1.807) is 18.2 Å². The Morgan fingerprint density at radius 2 is 1.69 bits per heavy atom. The second-order valence-corrected chi connectivity index (χ2v) is 6.25. The molecule has 0 unspecified atom stereocenters. The standard InChI is InChI=1S/C22H22N6O/c1-3-28(4-2)19-11-9-18(10-12-19)26-21(29)17-14-24-22(25-15-17)27-20-8-6-5-7-16(20)13-23/h5-12,14-15H,3-4H2,1-2H3,(H,26,29)(H,24,25,27). The molecular weight excluding hydrogens is 364 g/mol. The number of hydrogen-bond acceptors (Lipinski definition) is 6. The molecule has 3 rings (SSSR count). The van der Waals surface area contributed by atoms with Crippen molar-refractivity contribution in [3.05, 3.63) is 72.1 Å². The van der Waals surface area contributed by atoms with E-state index in [4.69, 9.17) is 5.26 Å². The second-order valence-electron chi connectivity index (χ2n) is 6.25. The van der Waals surface area contributed by atoms with Gasteiger partial charge in [-0.1, -0.05) is 12.1 Å². The molecule has 0 aliphatic carbocycles. The number of carbonyl (C=O) groups is 1. The number of nitrogens with zero attached hydrogens (tertiary/aromatic N) is 4. The molecule has 1 aromatic heterocycles. The average Bonchev–Trinajstić information content (AvgIpc) is 2.76. The Morgan fingerprint density at radius 3 is 2.31 bits per heavy atom. The van der Waals surface area contributed by atoms with Gasteiger partial charge in [-0.25, -0.2) is 9.97 Å². The molecule has 0 saturated carbocycles. The van der Waals surface area contributed by atoms with Crippen LogP contribution in [0.4, 0.5) is 23.0 Å². The molecule has 2 aromatic carbocycles. The second kappa shape index (κ2) is 9.33. The highest BCUT2D eigenvalue weighted by molar-refractivity contribution is 6.04. The van der Waals surface area contributed by atoms with E-state index < -0.39 is 0 Å². The smallest absolute Gasteiger partial charge is 0.258 e. The Balaban J connectivity index is 1.65. The summed E-state index contributed by atoms with van der Waals surface area (Å²) in [6, 6.07) is 16.9. The van der Waals surface area contributed by atoms with Gasteiger partial charge in [-0.05, 0) is 50.2 Å². The Hall–Kier alpha value is -3.92. The number of nitrogens with one attached hydrogen (secondary N) is 2. The molecule has 1 amide bonds. The molecule has 0 radical (unpaired) electrons. The van der Waals surface area contributed by atoms with Gasteiger partial charge in [0.05, 0.1) is 16.8 Å². The van der Waals surface area contributed by atoms with Crippen LogP contribution in [0.1, 0.15) is 29.8 Å². The van der Waals surface area contributed by atoms with E-state index in [0.29, 0.717) is 28.5 Å². The third kappa shape index (κ3) is 4.87. The number of para-hydroxylation sites is 1. The number of aromatic nitrogens is 2. The maximum Gasteiger partial charge on any atom is 0.258 e. The van der Waals surface area contributed by atoms with Crippen LogP contribution in [-0.4, -0.2) is 29.0 Å². The van der Waals surface area contributed by atoms with Crippen LogP contribution in [0.5, 0.6) is 0 Å². The minimum atomic E-state index is -0.287. The largest absolute Gasteiger partial charge is 0.372 e. The van der Waals surface area contributed by atoms with Crippen molar-refractivity contribution < 1.29 is 4.79 Å². The number of benzene rings is 2. The van der Waals surface area contributed by atoms with Crippen molar-refractivity contribution in [3.63, 3.8) is 0 Å².